The number of fused-ring (bicyclic) bond motifs is 2. The predicted molar refractivity (Wildman–Crippen MR) is 158 cm³/mol. The van der Waals surface area contributed by atoms with Crippen molar-refractivity contribution in [3.05, 3.63) is 65.7 Å². The van der Waals surface area contributed by atoms with Crippen LogP contribution in [-0.2, 0) is 9.31 Å². The fourth-order valence-electron chi connectivity index (χ4n) is 6.64. The van der Waals surface area contributed by atoms with E-state index in [4.69, 9.17) is 9.31 Å². The Balaban J connectivity index is 1.54. The lowest BCUT2D eigenvalue weighted by Crippen LogP contribution is -2.46. The number of amides is 2. The maximum Gasteiger partial charge on any atom is 0.494 e. The Hall–Kier alpha value is -3.48. The molecule has 5 aromatic carbocycles. The summed E-state index contributed by atoms with van der Waals surface area (Å²) in [6.45, 7) is 12.3. The molecule has 2 heterocycles. The third-order valence-corrected chi connectivity index (χ3v) is 9.47. The van der Waals surface area contributed by atoms with Crippen LogP contribution >= 0.6 is 0 Å². The monoisotopic (exact) mass is 517 g/mol. The molecule has 5 nitrogen and oxygen atoms in total. The third kappa shape index (κ3) is 3.16. The van der Waals surface area contributed by atoms with Crippen LogP contribution < -0.4 is 5.46 Å². The fourth-order valence-corrected chi connectivity index (χ4v) is 6.64. The first kappa shape index (κ1) is 24.6. The van der Waals surface area contributed by atoms with Gasteiger partial charge in [0, 0.05) is 22.6 Å². The van der Waals surface area contributed by atoms with Gasteiger partial charge in [-0.3, -0.25) is 14.5 Å². The molecular weight excluding hydrogens is 485 g/mol. The predicted octanol–water partition coefficient (Wildman–Crippen LogP) is 6.82. The Kier molecular flexibility index (Phi) is 5.05. The van der Waals surface area contributed by atoms with E-state index in [1.165, 1.54) is 10.3 Å². The van der Waals surface area contributed by atoms with Crippen molar-refractivity contribution in [1.82, 2.24) is 4.90 Å². The van der Waals surface area contributed by atoms with Gasteiger partial charge in [-0.1, -0.05) is 56.3 Å². The van der Waals surface area contributed by atoms with Crippen LogP contribution in [0.4, 0.5) is 0 Å². The molecular formula is C33H32BNO4. The Morgan fingerprint density at radius 3 is 1.87 bits per heavy atom. The van der Waals surface area contributed by atoms with Gasteiger partial charge in [0.15, 0.2) is 0 Å². The number of carbonyl (C=O) groups excluding carboxylic acids is 2. The number of benzene rings is 5. The summed E-state index contributed by atoms with van der Waals surface area (Å²) in [5.41, 5.74) is 1.29. The molecule has 1 fully saturated rings. The minimum absolute atomic E-state index is 0.114. The molecule has 39 heavy (non-hydrogen) atoms. The quantitative estimate of drug-likeness (QED) is 0.114. The van der Waals surface area contributed by atoms with Crippen molar-refractivity contribution >= 4 is 67.5 Å². The minimum atomic E-state index is -0.489. The van der Waals surface area contributed by atoms with E-state index in [1.807, 2.05) is 26.0 Å². The highest BCUT2D eigenvalue weighted by molar-refractivity contribution is 6.63. The van der Waals surface area contributed by atoms with Crippen molar-refractivity contribution < 1.29 is 18.9 Å². The number of rotatable bonds is 4. The van der Waals surface area contributed by atoms with Crippen LogP contribution in [-0.4, -0.2) is 41.1 Å². The van der Waals surface area contributed by atoms with Gasteiger partial charge in [0.25, 0.3) is 11.8 Å². The molecule has 0 aliphatic carbocycles. The van der Waals surface area contributed by atoms with Gasteiger partial charge in [0.05, 0.1) is 11.2 Å². The number of hydrogen-bond acceptors (Lipinski definition) is 4. The largest absolute Gasteiger partial charge is 0.494 e. The van der Waals surface area contributed by atoms with Gasteiger partial charge >= 0.3 is 7.12 Å². The molecule has 1 saturated heterocycles. The molecule has 0 radical (unpaired) electrons. The zero-order chi connectivity index (χ0) is 27.4. The maximum absolute atomic E-state index is 13.8. The lowest BCUT2D eigenvalue weighted by Gasteiger charge is -2.33. The second-order valence-corrected chi connectivity index (χ2v) is 12.1. The molecule has 5 aromatic rings. The third-order valence-electron chi connectivity index (χ3n) is 9.47. The van der Waals surface area contributed by atoms with E-state index < -0.39 is 18.3 Å². The number of hydrogen-bond donors (Lipinski definition) is 0. The SMILES string of the molecule is CCC(CC)N1C(=O)c2ccc3c4cccc5cc(B6OC(C)(C)C(C)(C)O6)cc(c6ccc(c2c36)C1=O)c54. The second-order valence-electron chi connectivity index (χ2n) is 12.1. The molecule has 6 heteroatoms. The van der Waals surface area contributed by atoms with Gasteiger partial charge < -0.3 is 9.31 Å². The summed E-state index contributed by atoms with van der Waals surface area (Å²) < 4.78 is 12.8. The number of carbonyl (C=O) groups is 2. The highest BCUT2D eigenvalue weighted by Gasteiger charge is 2.51. The molecule has 2 amide bonds. The van der Waals surface area contributed by atoms with E-state index in [0.29, 0.717) is 11.1 Å². The first-order valence-corrected chi connectivity index (χ1v) is 14.0. The van der Waals surface area contributed by atoms with Crippen LogP contribution in [0.15, 0.2) is 54.6 Å². The van der Waals surface area contributed by atoms with Crippen LogP contribution in [0.1, 0.15) is 75.1 Å². The van der Waals surface area contributed by atoms with Crippen molar-refractivity contribution in [2.45, 2.75) is 71.6 Å². The Morgan fingerprint density at radius 1 is 0.718 bits per heavy atom. The number of nitrogens with zero attached hydrogens (tertiary/aromatic N) is 1. The highest BCUT2D eigenvalue weighted by atomic mass is 16.7. The van der Waals surface area contributed by atoms with E-state index in [1.54, 1.807) is 0 Å². The van der Waals surface area contributed by atoms with Gasteiger partial charge in [0.2, 0.25) is 0 Å². The van der Waals surface area contributed by atoms with E-state index >= 15 is 0 Å². The van der Waals surface area contributed by atoms with Crippen molar-refractivity contribution in [2.75, 3.05) is 0 Å². The molecule has 2 aliphatic rings. The second kappa shape index (κ2) is 8.03. The van der Waals surface area contributed by atoms with Gasteiger partial charge in [-0.25, -0.2) is 0 Å². The zero-order valence-electron chi connectivity index (χ0n) is 23.3. The van der Waals surface area contributed by atoms with Crippen molar-refractivity contribution in [1.29, 1.82) is 0 Å². The Labute approximate surface area is 228 Å². The summed E-state index contributed by atoms with van der Waals surface area (Å²) >= 11 is 0. The Bertz CT molecular complexity index is 1810. The topological polar surface area (TPSA) is 55.8 Å². The summed E-state index contributed by atoms with van der Waals surface area (Å²) in [6, 6.07) is 18.5. The fraction of sp³-hybridized carbons (Fsp3) is 0.333. The van der Waals surface area contributed by atoms with Crippen molar-refractivity contribution in [3.63, 3.8) is 0 Å². The van der Waals surface area contributed by atoms with E-state index in [2.05, 4.69) is 70.2 Å². The first-order valence-electron chi connectivity index (χ1n) is 14.0. The molecule has 0 bridgehead atoms. The molecule has 0 atom stereocenters. The van der Waals surface area contributed by atoms with Gasteiger partial charge in [-0.05, 0) is 95.8 Å². The molecule has 196 valence electrons. The minimum Gasteiger partial charge on any atom is -0.399 e. The molecule has 0 aromatic heterocycles. The van der Waals surface area contributed by atoms with Crippen LogP contribution in [0.5, 0.6) is 0 Å². The van der Waals surface area contributed by atoms with Crippen LogP contribution in [0.2, 0.25) is 0 Å². The number of imide groups is 1. The summed E-state index contributed by atoms with van der Waals surface area (Å²) in [7, 11) is -0.489. The standard InChI is InChI=1S/C33H32BNO4/c1-7-20(8-2)35-30(36)24-14-12-22-21-11-9-10-18-16-19(34-38-32(3,4)33(5,6)39-34)17-26(27(18)21)23-13-15-25(31(35)37)29(24)28(22)23/h9-17,20H,7-8H2,1-6H3. The van der Waals surface area contributed by atoms with Crippen molar-refractivity contribution in [2.24, 2.45) is 0 Å². The van der Waals surface area contributed by atoms with Gasteiger partial charge in [0.1, 0.15) is 0 Å². The van der Waals surface area contributed by atoms with Crippen LogP contribution in [0.3, 0.4) is 0 Å². The van der Waals surface area contributed by atoms with Crippen molar-refractivity contribution in [3.8, 4) is 0 Å². The van der Waals surface area contributed by atoms with Gasteiger partial charge in [-0.15, -0.1) is 0 Å². The maximum atomic E-state index is 13.8. The summed E-state index contributed by atoms with van der Waals surface area (Å²) in [4.78, 5) is 29.0. The first-order chi connectivity index (χ1) is 18.6. The molecule has 7 rings (SSSR count). The van der Waals surface area contributed by atoms with Gasteiger partial charge in [-0.2, -0.15) is 0 Å². The summed E-state index contributed by atoms with van der Waals surface area (Å²) in [5, 5.41) is 8.30. The van der Waals surface area contributed by atoms with E-state index in [-0.39, 0.29) is 17.9 Å². The lowest BCUT2D eigenvalue weighted by atomic mass is 9.75. The lowest BCUT2D eigenvalue weighted by molar-refractivity contribution is 0.00578. The average molecular weight is 517 g/mol. The highest BCUT2D eigenvalue weighted by Crippen LogP contribution is 2.44. The molecule has 0 N–H and O–H groups in total. The molecule has 2 aliphatic heterocycles. The molecule has 0 saturated carbocycles. The van der Waals surface area contributed by atoms with E-state index in [9.17, 15) is 9.59 Å². The zero-order valence-corrected chi connectivity index (χ0v) is 23.3. The van der Waals surface area contributed by atoms with E-state index in [0.717, 1.165) is 56.0 Å². The summed E-state index contributed by atoms with van der Waals surface area (Å²) in [5.74, 6) is -0.389. The average Bonchev–Trinajstić information content (AvgIpc) is 3.14. The summed E-state index contributed by atoms with van der Waals surface area (Å²) in [6.07, 6.45) is 1.47. The van der Waals surface area contributed by atoms with Crippen LogP contribution in [0.25, 0.3) is 43.1 Å². The molecule has 0 unspecified atom stereocenters. The smallest absolute Gasteiger partial charge is 0.399 e. The molecule has 0 spiro atoms. The van der Waals surface area contributed by atoms with Crippen LogP contribution in [0, 0.1) is 0 Å². The Morgan fingerprint density at radius 2 is 1.28 bits per heavy atom. The normalized spacial score (nSPS) is 18.6.